The Morgan fingerprint density at radius 1 is 1.42 bits per heavy atom. The van der Waals surface area contributed by atoms with Gasteiger partial charge in [0, 0.05) is 0 Å². The molecule has 0 saturated heterocycles. The Morgan fingerprint density at radius 3 is 2.33 bits per heavy atom. The number of rotatable bonds is 2. The highest BCUT2D eigenvalue weighted by Crippen LogP contribution is 2.06. The lowest BCUT2D eigenvalue weighted by Crippen LogP contribution is -1.89. The summed E-state index contributed by atoms with van der Waals surface area (Å²) in [5.74, 6) is 0.944. The fourth-order valence-electron chi connectivity index (χ4n) is 0.683. The lowest BCUT2D eigenvalue weighted by Gasteiger charge is -1.99. The van der Waals surface area contributed by atoms with E-state index in [4.69, 9.17) is 14.9 Å². The molecule has 12 heavy (non-hydrogen) atoms. The van der Waals surface area contributed by atoms with Gasteiger partial charge in [-0.2, -0.15) is 0 Å². The van der Waals surface area contributed by atoms with Crippen molar-refractivity contribution in [2.75, 3.05) is 6.61 Å². The quantitative estimate of drug-likeness (QED) is 0.538. The van der Waals surface area contributed by atoms with Gasteiger partial charge in [-0.1, -0.05) is 18.2 Å². The van der Waals surface area contributed by atoms with Crippen LogP contribution in [0.4, 0.5) is 0 Å². The van der Waals surface area contributed by atoms with E-state index in [2.05, 4.69) is 0 Å². The normalized spacial score (nSPS) is 7.42. The number of para-hydroxylation sites is 1. The second kappa shape index (κ2) is 7.51. The summed E-state index contributed by atoms with van der Waals surface area (Å²) in [4.78, 5) is 8.35. The fourth-order valence-corrected chi connectivity index (χ4v) is 0.683. The van der Waals surface area contributed by atoms with Crippen molar-refractivity contribution in [3.8, 4) is 5.75 Å². The van der Waals surface area contributed by atoms with Crippen molar-refractivity contribution in [3.05, 3.63) is 30.3 Å². The summed E-state index contributed by atoms with van der Waals surface area (Å²) in [5, 5.41) is 5.40. The third-order valence-corrected chi connectivity index (χ3v) is 1.05. The molecular weight excluding hydrogens is 154 g/mol. The highest BCUT2D eigenvalue weighted by molar-refractivity contribution is 5.26. The van der Waals surface area contributed by atoms with Crippen molar-refractivity contribution in [2.24, 2.45) is 0 Å². The van der Waals surface area contributed by atoms with Crippen LogP contribution in [0.3, 0.4) is 0 Å². The van der Waals surface area contributed by atoms with Crippen LogP contribution in [0.1, 0.15) is 6.92 Å². The monoisotopic (exact) mass is 165 g/mol. The second-order valence-corrected chi connectivity index (χ2v) is 1.85. The van der Waals surface area contributed by atoms with Crippen molar-refractivity contribution < 1.29 is 9.53 Å². The van der Waals surface area contributed by atoms with Gasteiger partial charge < -0.3 is 4.74 Å². The summed E-state index contributed by atoms with van der Waals surface area (Å²) in [6, 6.07) is 9.80. The molecule has 1 rings (SSSR count). The van der Waals surface area contributed by atoms with E-state index in [1.54, 1.807) is 0 Å². The Hall–Kier alpha value is -1.60. The topological polar surface area (TPSA) is 50.1 Å². The summed E-state index contributed by atoms with van der Waals surface area (Å²) in [6.45, 7) is 2.72. The first-order chi connectivity index (χ1) is 5.85. The van der Waals surface area contributed by atoms with Gasteiger partial charge in [-0.25, -0.2) is 10.2 Å². The Labute approximate surface area is 71.5 Å². The average molecular weight is 165 g/mol. The van der Waals surface area contributed by atoms with E-state index in [1.807, 2.05) is 37.3 Å². The van der Waals surface area contributed by atoms with Crippen LogP contribution in [0.25, 0.3) is 0 Å². The van der Waals surface area contributed by atoms with Gasteiger partial charge in [0.2, 0.25) is 6.08 Å². The molecule has 1 aromatic carbocycles. The van der Waals surface area contributed by atoms with E-state index in [9.17, 15) is 0 Å². The Bertz CT molecular complexity index is 228. The molecule has 0 radical (unpaired) electrons. The van der Waals surface area contributed by atoms with Gasteiger partial charge in [-0.3, -0.25) is 0 Å². The maximum atomic E-state index is 8.35. The predicted octanol–water partition coefficient (Wildman–Crippen LogP) is 1.99. The van der Waals surface area contributed by atoms with Crippen molar-refractivity contribution in [3.63, 3.8) is 0 Å². The van der Waals surface area contributed by atoms with E-state index in [0.717, 1.165) is 18.4 Å². The molecule has 0 amide bonds. The van der Waals surface area contributed by atoms with Crippen molar-refractivity contribution in [1.82, 2.24) is 0 Å². The molecule has 3 nitrogen and oxygen atoms in total. The van der Waals surface area contributed by atoms with Crippen molar-refractivity contribution in [2.45, 2.75) is 6.92 Å². The summed E-state index contributed by atoms with van der Waals surface area (Å²) in [7, 11) is 0. The van der Waals surface area contributed by atoms with Gasteiger partial charge in [0.25, 0.3) is 0 Å². The molecule has 0 aliphatic heterocycles. The van der Waals surface area contributed by atoms with E-state index in [0.29, 0.717) is 0 Å². The van der Waals surface area contributed by atoms with Crippen LogP contribution < -0.4 is 4.74 Å². The number of carbonyl (C=O) groups excluding carboxylic acids is 1. The van der Waals surface area contributed by atoms with E-state index in [-0.39, 0.29) is 0 Å². The minimum atomic E-state index is 0.740. The molecule has 0 spiro atoms. The molecule has 0 fully saturated rings. The van der Waals surface area contributed by atoms with Gasteiger partial charge in [-0.05, 0) is 19.1 Å². The highest BCUT2D eigenvalue weighted by Gasteiger charge is 1.83. The van der Waals surface area contributed by atoms with Gasteiger partial charge >= 0.3 is 0 Å². The number of nitrogens with one attached hydrogen (secondary N) is 1. The van der Waals surface area contributed by atoms with Crippen LogP contribution in [-0.2, 0) is 4.79 Å². The molecule has 0 aliphatic carbocycles. The van der Waals surface area contributed by atoms with Crippen LogP contribution in [0, 0.1) is 5.41 Å². The smallest absolute Gasteiger partial charge is 0.231 e. The lowest BCUT2D eigenvalue weighted by molar-refractivity contribution is 0.340. The molecule has 0 aliphatic rings. The van der Waals surface area contributed by atoms with Crippen LogP contribution >= 0.6 is 0 Å². The molecule has 1 N–H and O–H groups in total. The summed E-state index contributed by atoms with van der Waals surface area (Å²) in [5.41, 5.74) is 0. The SMILES string of the molecule is CCOc1ccccc1.N=C=O. The van der Waals surface area contributed by atoms with Gasteiger partial charge in [0.1, 0.15) is 5.75 Å². The van der Waals surface area contributed by atoms with Crippen LogP contribution in [0.15, 0.2) is 30.3 Å². The fraction of sp³-hybridized carbons (Fsp3) is 0.222. The summed E-state index contributed by atoms with van der Waals surface area (Å²) in [6.07, 6.45) is 0.750. The minimum absolute atomic E-state index is 0.740. The summed E-state index contributed by atoms with van der Waals surface area (Å²) >= 11 is 0. The molecular formula is C9H11NO2. The van der Waals surface area contributed by atoms with E-state index < -0.39 is 0 Å². The zero-order chi connectivity index (χ0) is 9.23. The number of benzene rings is 1. The number of ether oxygens (including phenoxy) is 1. The Balaban J connectivity index is 0.000000354. The standard InChI is InChI=1S/C8H10O.CHNO/c1-2-9-8-6-4-3-5-7-8;2-1-3/h3-7H,2H2,1H3;2H. The minimum Gasteiger partial charge on any atom is -0.494 e. The molecule has 0 heterocycles. The van der Waals surface area contributed by atoms with Gasteiger partial charge in [-0.15, -0.1) is 0 Å². The van der Waals surface area contributed by atoms with E-state index >= 15 is 0 Å². The first kappa shape index (κ1) is 10.4. The number of hydrogen-bond acceptors (Lipinski definition) is 3. The predicted molar refractivity (Wildman–Crippen MR) is 46.0 cm³/mol. The molecule has 3 heteroatoms. The zero-order valence-electron chi connectivity index (χ0n) is 6.91. The molecule has 64 valence electrons. The number of isocyanates is 1. The maximum Gasteiger partial charge on any atom is 0.231 e. The third kappa shape index (κ3) is 5.21. The summed E-state index contributed by atoms with van der Waals surface area (Å²) < 4.78 is 5.21. The van der Waals surface area contributed by atoms with Crippen LogP contribution in [-0.4, -0.2) is 12.7 Å². The Kier molecular flexibility index (Phi) is 6.51. The first-order valence-electron chi connectivity index (χ1n) is 3.56. The molecule has 0 atom stereocenters. The Morgan fingerprint density at radius 2 is 1.92 bits per heavy atom. The van der Waals surface area contributed by atoms with E-state index in [1.165, 1.54) is 0 Å². The largest absolute Gasteiger partial charge is 0.494 e. The average Bonchev–Trinajstić information content (AvgIpc) is 2.08. The molecule has 0 bridgehead atoms. The van der Waals surface area contributed by atoms with Crippen LogP contribution in [0.2, 0.25) is 0 Å². The van der Waals surface area contributed by atoms with Gasteiger partial charge in [0.15, 0.2) is 0 Å². The van der Waals surface area contributed by atoms with Crippen molar-refractivity contribution >= 4 is 6.08 Å². The third-order valence-electron chi connectivity index (χ3n) is 1.05. The molecule has 0 unspecified atom stereocenters. The van der Waals surface area contributed by atoms with Gasteiger partial charge in [0.05, 0.1) is 6.61 Å². The number of hydrogen-bond donors (Lipinski definition) is 1. The van der Waals surface area contributed by atoms with Crippen LogP contribution in [0.5, 0.6) is 5.75 Å². The molecule has 0 saturated carbocycles. The lowest BCUT2D eigenvalue weighted by atomic mass is 10.3. The highest BCUT2D eigenvalue weighted by atomic mass is 16.5. The van der Waals surface area contributed by atoms with Crippen molar-refractivity contribution in [1.29, 1.82) is 5.41 Å². The molecule has 0 aromatic heterocycles. The zero-order valence-corrected chi connectivity index (χ0v) is 6.91. The second-order valence-electron chi connectivity index (χ2n) is 1.85. The molecule has 1 aromatic rings. The maximum absolute atomic E-state index is 8.35. The first-order valence-corrected chi connectivity index (χ1v) is 3.56.